The number of nitrogens with one attached hydrogen (secondary N) is 1. The lowest BCUT2D eigenvalue weighted by Crippen LogP contribution is -2.53. The zero-order valence-corrected chi connectivity index (χ0v) is 15.8. The normalized spacial score (nSPS) is 16.8. The van der Waals surface area contributed by atoms with Gasteiger partial charge in [-0.05, 0) is 53.6 Å². The fourth-order valence-corrected chi connectivity index (χ4v) is 2.91. The van der Waals surface area contributed by atoms with E-state index < -0.39 is 34.7 Å². The minimum Gasteiger partial charge on any atom is -0.474 e. The van der Waals surface area contributed by atoms with E-state index in [-0.39, 0.29) is 11.6 Å². The minimum atomic E-state index is -0.977. The van der Waals surface area contributed by atoms with Gasteiger partial charge in [0.05, 0.1) is 0 Å². The number of halogens is 1. The Labute approximate surface area is 165 Å². The summed E-state index contributed by atoms with van der Waals surface area (Å²) in [6.45, 7) is 3.29. The molecule has 0 spiro atoms. The Morgan fingerprint density at radius 3 is 2.64 bits per heavy atom. The summed E-state index contributed by atoms with van der Waals surface area (Å²) >= 11 is 5.84. The number of nitrogens with zero attached hydrogens (tertiary/aromatic N) is 3. The Bertz CT molecular complexity index is 934. The van der Waals surface area contributed by atoms with Crippen molar-refractivity contribution in [2.24, 2.45) is 0 Å². The lowest BCUT2D eigenvalue weighted by atomic mass is 10.1. The van der Waals surface area contributed by atoms with Crippen LogP contribution in [0.2, 0.25) is 5.02 Å². The number of pyridine rings is 1. The van der Waals surface area contributed by atoms with Gasteiger partial charge in [-0.15, -0.1) is 0 Å². The number of hydrogen-bond donors (Lipinski definition) is 1. The third kappa shape index (κ3) is 3.74. The first kappa shape index (κ1) is 19.6. The van der Waals surface area contributed by atoms with E-state index in [4.69, 9.17) is 16.3 Å². The van der Waals surface area contributed by atoms with Crippen molar-refractivity contribution in [2.75, 3.05) is 10.2 Å². The Hall–Kier alpha value is -3.20. The monoisotopic (exact) mass is 404 g/mol. The molecule has 28 heavy (non-hydrogen) atoms. The fraction of sp³-hybridized carbons (Fsp3) is 0.278. The van der Waals surface area contributed by atoms with E-state index in [1.54, 1.807) is 31.2 Å². The first-order valence-electron chi connectivity index (χ1n) is 8.53. The summed E-state index contributed by atoms with van der Waals surface area (Å²) in [7, 11) is 0. The van der Waals surface area contributed by atoms with Gasteiger partial charge in [-0.3, -0.25) is 14.5 Å². The summed E-state index contributed by atoms with van der Waals surface area (Å²) < 4.78 is 5.60. The van der Waals surface area contributed by atoms with Gasteiger partial charge in [0.1, 0.15) is 6.04 Å². The maximum atomic E-state index is 12.8. The van der Waals surface area contributed by atoms with Crippen molar-refractivity contribution in [3.05, 3.63) is 51.5 Å². The van der Waals surface area contributed by atoms with Crippen LogP contribution >= 0.6 is 11.6 Å². The van der Waals surface area contributed by atoms with Crippen molar-refractivity contribution in [1.82, 2.24) is 4.98 Å². The summed E-state index contributed by atoms with van der Waals surface area (Å²) in [5.41, 5.74) is 0.501. The summed E-state index contributed by atoms with van der Waals surface area (Å²) in [6, 6.07) is 8.09. The number of amides is 2. The van der Waals surface area contributed by atoms with Crippen molar-refractivity contribution in [1.29, 1.82) is 0 Å². The van der Waals surface area contributed by atoms with Gasteiger partial charge in [-0.1, -0.05) is 18.5 Å². The Balaban J connectivity index is 1.94. The highest BCUT2D eigenvalue weighted by molar-refractivity contribution is 6.30. The van der Waals surface area contributed by atoms with Crippen LogP contribution in [0.3, 0.4) is 0 Å². The average Bonchev–Trinajstić information content (AvgIpc) is 2.68. The second-order valence-corrected chi connectivity index (χ2v) is 6.58. The van der Waals surface area contributed by atoms with Crippen molar-refractivity contribution in [2.45, 2.75) is 32.4 Å². The minimum absolute atomic E-state index is 0.0531. The molecule has 0 saturated carbocycles. The van der Waals surface area contributed by atoms with Gasteiger partial charge in [0, 0.05) is 16.8 Å². The molecule has 1 N–H and O–H groups in total. The standard InChI is InChI=1S/C18H17ClN4O5/c1-3-13-18(25)22(16-14(28-13)8-9-15(21-16)23(26)27)10(2)17(24)20-12-6-4-11(19)5-7-12/h4-10,13H,3H2,1-2H3,(H,20,24). The lowest BCUT2D eigenvalue weighted by Gasteiger charge is -2.33. The smallest absolute Gasteiger partial charge is 0.366 e. The van der Waals surface area contributed by atoms with Crippen LogP contribution in [-0.2, 0) is 9.59 Å². The molecule has 3 rings (SSSR count). The van der Waals surface area contributed by atoms with E-state index in [0.717, 1.165) is 4.90 Å². The highest BCUT2D eigenvalue weighted by Crippen LogP contribution is 2.36. The molecule has 2 heterocycles. The topological polar surface area (TPSA) is 115 Å². The number of carbonyl (C=O) groups is 2. The van der Waals surface area contributed by atoms with Crippen LogP contribution in [-0.4, -0.2) is 33.9 Å². The van der Waals surface area contributed by atoms with E-state index in [0.29, 0.717) is 17.1 Å². The second-order valence-electron chi connectivity index (χ2n) is 6.14. The van der Waals surface area contributed by atoms with E-state index in [1.165, 1.54) is 19.1 Å². The molecule has 1 aromatic carbocycles. The molecule has 10 heteroatoms. The highest BCUT2D eigenvalue weighted by atomic mass is 35.5. The molecule has 1 aliphatic heterocycles. The van der Waals surface area contributed by atoms with Crippen LogP contribution in [0.15, 0.2) is 36.4 Å². The number of carbonyl (C=O) groups excluding carboxylic acids is 2. The van der Waals surface area contributed by atoms with Gasteiger partial charge in [0.15, 0.2) is 11.9 Å². The summed E-state index contributed by atoms with van der Waals surface area (Å²) in [5.74, 6) is -1.25. The van der Waals surface area contributed by atoms with Crippen molar-refractivity contribution < 1.29 is 19.2 Å². The SMILES string of the molecule is CCC1Oc2ccc([N+](=O)[O-])nc2N(C(C)C(=O)Nc2ccc(Cl)cc2)C1=O. The summed E-state index contributed by atoms with van der Waals surface area (Å²) in [4.78, 5) is 41.0. The summed E-state index contributed by atoms with van der Waals surface area (Å²) in [6.07, 6.45) is -0.432. The van der Waals surface area contributed by atoms with Crippen LogP contribution in [0, 0.1) is 10.1 Å². The number of rotatable bonds is 5. The van der Waals surface area contributed by atoms with Crippen molar-refractivity contribution >= 4 is 40.7 Å². The van der Waals surface area contributed by atoms with Gasteiger partial charge < -0.3 is 20.2 Å². The molecular formula is C18H17ClN4O5. The summed E-state index contributed by atoms with van der Waals surface area (Å²) in [5, 5.41) is 14.3. The first-order valence-corrected chi connectivity index (χ1v) is 8.91. The zero-order chi connectivity index (χ0) is 20.4. The molecule has 2 amide bonds. The van der Waals surface area contributed by atoms with Gasteiger partial charge in [-0.25, -0.2) is 0 Å². The van der Waals surface area contributed by atoms with Crippen molar-refractivity contribution in [3.63, 3.8) is 0 Å². The van der Waals surface area contributed by atoms with Gasteiger partial charge in [0.2, 0.25) is 5.91 Å². The van der Waals surface area contributed by atoms with Crippen LogP contribution in [0.4, 0.5) is 17.3 Å². The fourth-order valence-electron chi connectivity index (χ4n) is 2.78. The van der Waals surface area contributed by atoms with E-state index in [9.17, 15) is 19.7 Å². The molecule has 2 aromatic rings. The van der Waals surface area contributed by atoms with Crippen LogP contribution < -0.4 is 15.0 Å². The Morgan fingerprint density at radius 1 is 1.36 bits per heavy atom. The number of fused-ring (bicyclic) bond motifs is 1. The van der Waals surface area contributed by atoms with Crippen LogP contribution in [0.1, 0.15) is 20.3 Å². The van der Waals surface area contributed by atoms with Gasteiger partial charge in [-0.2, -0.15) is 0 Å². The molecule has 9 nitrogen and oxygen atoms in total. The predicted octanol–water partition coefficient (Wildman–Crippen LogP) is 3.17. The lowest BCUT2D eigenvalue weighted by molar-refractivity contribution is -0.389. The molecule has 1 aliphatic rings. The molecule has 146 valence electrons. The van der Waals surface area contributed by atoms with E-state index in [2.05, 4.69) is 10.3 Å². The second kappa shape index (κ2) is 7.81. The quantitative estimate of drug-likeness (QED) is 0.604. The molecule has 0 fully saturated rings. The van der Waals surface area contributed by atoms with E-state index in [1.807, 2.05) is 0 Å². The Morgan fingerprint density at radius 2 is 2.04 bits per heavy atom. The molecule has 0 aliphatic carbocycles. The van der Waals surface area contributed by atoms with Crippen LogP contribution in [0.25, 0.3) is 0 Å². The third-order valence-corrected chi connectivity index (χ3v) is 4.52. The number of anilines is 2. The highest BCUT2D eigenvalue weighted by Gasteiger charge is 2.42. The van der Waals surface area contributed by atoms with Gasteiger partial charge in [0.25, 0.3) is 11.7 Å². The van der Waals surface area contributed by atoms with E-state index >= 15 is 0 Å². The number of benzene rings is 1. The van der Waals surface area contributed by atoms with Crippen molar-refractivity contribution in [3.8, 4) is 5.75 Å². The molecule has 0 radical (unpaired) electrons. The van der Waals surface area contributed by atoms with Crippen LogP contribution in [0.5, 0.6) is 5.75 Å². The molecular weight excluding hydrogens is 388 g/mol. The number of aromatic nitrogens is 1. The third-order valence-electron chi connectivity index (χ3n) is 4.27. The molecule has 2 unspecified atom stereocenters. The maximum Gasteiger partial charge on any atom is 0.366 e. The molecule has 0 bridgehead atoms. The largest absolute Gasteiger partial charge is 0.474 e. The zero-order valence-electron chi connectivity index (χ0n) is 15.1. The van der Waals surface area contributed by atoms with Gasteiger partial charge >= 0.3 is 5.82 Å². The first-order chi connectivity index (χ1) is 13.3. The molecule has 0 saturated heterocycles. The number of hydrogen-bond acceptors (Lipinski definition) is 6. The maximum absolute atomic E-state index is 12.8. The molecule has 1 aromatic heterocycles. The number of nitro groups is 1. The average molecular weight is 405 g/mol. The number of ether oxygens (including phenoxy) is 1. The predicted molar refractivity (Wildman–Crippen MR) is 103 cm³/mol. The molecule has 2 atom stereocenters. The Kier molecular flexibility index (Phi) is 5.46.